The average molecular weight is 420 g/mol. The highest BCUT2D eigenvalue weighted by atomic mass is 32.2. The maximum Gasteiger partial charge on any atom is 0.309 e. The first kappa shape index (κ1) is 20.0. The summed E-state index contributed by atoms with van der Waals surface area (Å²) in [6.07, 6.45) is 0.504. The number of benzene rings is 2. The Morgan fingerprint density at radius 2 is 2.00 bits per heavy atom. The number of esters is 1. The summed E-state index contributed by atoms with van der Waals surface area (Å²) in [5.41, 5.74) is 2.00. The summed E-state index contributed by atoms with van der Waals surface area (Å²) in [6.45, 7) is 2.02. The fraction of sp³-hybridized carbons (Fsp3) is 0.261. The normalized spacial score (nSPS) is 18.9. The summed E-state index contributed by atoms with van der Waals surface area (Å²) >= 11 is 1.48. The summed E-state index contributed by atoms with van der Waals surface area (Å²) in [7, 11) is 1.33. The monoisotopic (exact) mass is 420 g/mol. The molecule has 0 spiro atoms. The lowest BCUT2D eigenvalue weighted by Gasteiger charge is -2.21. The number of methoxy groups -OCH3 is 1. The van der Waals surface area contributed by atoms with Gasteiger partial charge in [0.25, 0.3) is 5.91 Å². The van der Waals surface area contributed by atoms with Crippen molar-refractivity contribution in [2.45, 2.75) is 23.1 Å². The molecule has 2 aromatic carbocycles. The van der Waals surface area contributed by atoms with E-state index in [9.17, 15) is 14.4 Å². The van der Waals surface area contributed by atoms with E-state index >= 15 is 0 Å². The van der Waals surface area contributed by atoms with Gasteiger partial charge in [0.1, 0.15) is 0 Å². The zero-order valence-electron chi connectivity index (χ0n) is 16.6. The van der Waals surface area contributed by atoms with Crippen molar-refractivity contribution in [1.82, 2.24) is 0 Å². The van der Waals surface area contributed by atoms with E-state index in [2.05, 4.69) is 17.2 Å². The summed E-state index contributed by atoms with van der Waals surface area (Å²) in [5, 5.41) is 2.89. The van der Waals surface area contributed by atoms with Crippen LogP contribution in [0.15, 0.2) is 52.3 Å². The van der Waals surface area contributed by atoms with Crippen LogP contribution < -0.4 is 10.2 Å². The molecule has 0 aromatic heterocycles. The number of anilines is 2. The fourth-order valence-corrected chi connectivity index (χ4v) is 4.57. The third-order valence-corrected chi connectivity index (χ3v) is 6.27. The number of ether oxygens (including phenoxy) is 1. The van der Waals surface area contributed by atoms with Crippen LogP contribution in [0.25, 0.3) is 0 Å². The van der Waals surface area contributed by atoms with Crippen molar-refractivity contribution >= 4 is 40.9 Å². The van der Waals surface area contributed by atoms with E-state index in [-0.39, 0.29) is 36.2 Å². The van der Waals surface area contributed by atoms with Crippen molar-refractivity contribution in [2.75, 3.05) is 23.9 Å². The third kappa shape index (κ3) is 3.79. The number of rotatable bonds is 4. The number of fused-ring (bicyclic) bond motifs is 2. The van der Waals surface area contributed by atoms with Crippen LogP contribution in [0.4, 0.5) is 11.4 Å². The van der Waals surface area contributed by atoms with E-state index in [1.807, 2.05) is 36.4 Å². The van der Waals surface area contributed by atoms with E-state index in [0.717, 1.165) is 15.5 Å². The lowest BCUT2D eigenvalue weighted by Crippen LogP contribution is -2.31. The Balaban J connectivity index is 1.63. The van der Waals surface area contributed by atoms with Crippen LogP contribution in [0.3, 0.4) is 0 Å². The minimum Gasteiger partial charge on any atom is -0.469 e. The topological polar surface area (TPSA) is 75.7 Å². The van der Waals surface area contributed by atoms with Crippen molar-refractivity contribution in [1.29, 1.82) is 0 Å². The van der Waals surface area contributed by atoms with Gasteiger partial charge < -0.3 is 10.1 Å². The van der Waals surface area contributed by atoms with Gasteiger partial charge in [-0.05, 0) is 43.7 Å². The van der Waals surface area contributed by atoms with E-state index in [0.29, 0.717) is 17.7 Å². The Morgan fingerprint density at radius 1 is 1.20 bits per heavy atom. The Morgan fingerprint density at radius 3 is 2.77 bits per heavy atom. The molecule has 2 aliphatic rings. The summed E-state index contributed by atoms with van der Waals surface area (Å²) in [6, 6.07) is 12.9. The molecule has 2 aromatic rings. The van der Waals surface area contributed by atoms with Crippen molar-refractivity contribution in [3.05, 3.63) is 48.0 Å². The molecule has 7 heteroatoms. The molecular weight excluding hydrogens is 400 g/mol. The molecule has 152 valence electrons. The highest BCUT2D eigenvalue weighted by molar-refractivity contribution is 7.99. The van der Waals surface area contributed by atoms with Gasteiger partial charge in [-0.15, -0.1) is 5.92 Å². The van der Waals surface area contributed by atoms with Crippen LogP contribution in [0.5, 0.6) is 0 Å². The second-order valence-electron chi connectivity index (χ2n) is 7.06. The summed E-state index contributed by atoms with van der Waals surface area (Å²) in [5.74, 6) is 4.44. The van der Waals surface area contributed by atoms with Crippen LogP contribution >= 0.6 is 11.8 Å². The Kier molecular flexibility index (Phi) is 5.51. The molecule has 2 amide bonds. The molecule has 1 N–H and O–H groups in total. The van der Waals surface area contributed by atoms with Gasteiger partial charge in [0.2, 0.25) is 5.91 Å². The predicted molar refractivity (Wildman–Crippen MR) is 114 cm³/mol. The minimum absolute atomic E-state index is 0.102. The quantitative estimate of drug-likeness (QED) is 0.605. The summed E-state index contributed by atoms with van der Waals surface area (Å²) in [4.78, 5) is 40.6. The van der Waals surface area contributed by atoms with Gasteiger partial charge in [0.05, 0.1) is 36.7 Å². The molecule has 1 heterocycles. The number of hydrogen-bond donors (Lipinski definition) is 1. The highest BCUT2D eigenvalue weighted by Gasteiger charge is 2.49. The predicted octanol–water partition coefficient (Wildman–Crippen LogP) is 3.57. The van der Waals surface area contributed by atoms with Crippen molar-refractivity contribution in [2.24, 2.45) is 11.8 Å². The van der Waals surface area contributed by atoms with Gasteiger partial charge in [-0.3, -0.25) is 19.3 Å². The first-order valence-electron chi connectivity index (χ1n) is 9.54. The van der Waals surface area contributed by atoms with Gasteiger partial charge in [-0.1, -0.05) is 29.8 Å². The van der Waals surface area contributed by atoms with Gasteiger partial charge in [0.15, 0.2) is 0 Å². The molecule has 1 aliphatic heterocycles. The standard InChI is InChI=1S/C23H20N2O4S/c1-3-4-11-25-18-10-9-14(24-21(26)16-13-17(16)23(28)29-2)12-20(18)30-19-8-6-5-7-15(19)22(25)27/h5-10,12,16-17H,11,13H2,1-2H3,(H,24,26)/t16-,17-/m0/s1. The Bertz CT molecular complexity index is 1100. The molecule has 0 radical (unpaired) electrons. The highest BCUT2D eigenvalue weighted by Crippen LogP contribution is 2.43. The number of hydrogen-bond acceptors (Lipinski definition) is 5. The van der Waals surface area contributed by atoms with Crippen LogP contribution in [-0.4, -0.2) is 31.4 Å². The molecule has 6 nitrogen and oxygen atoms in total. The van der Waals surface area contributed by atoms with E-state index in [1.165, 1.54) is 18.9 Å². The second-order valence-corrected chi connectivity index (χ2v) is 8.14. The maximum absolute atomic E-state index is 13.1. The average Bonchev–Trinajstić information content (AvgIpc) is 3.56. The van der Waals surface area contributed by atoms with Crippen LogP contribution in [0, 0.1) is 23.7 Å². The second kappa shape index (κ2) is 8.25. The first-order chi connectivity index (χ1) is 14.5. The fourth-order valence-electron chi connectivity index (χ4n) is 3.45. The summed E-state index contributed by atoms with van der Waals surface area (Å²) < 4.78 is 4.71. The lowest BCUT2D eigenvalue weighted by molar-refractivity contribution is -0.143. The van der Waals surface area contributed by atoms with Gasteiger partial charge >= 0.3 is 5.97 Å². The molecule has 30 heavy (non-hydrogen) atoms. The molecule has 1 saturated carbocycles. The Hall–Kier alpha value is -3.24. The minimum atomic E-state index is -0.363. The van der Waals surface area contributed by atoms with E-state index < -0.39 is 0 Å². The number of carbonyl (C=O) groups is 3. The van der Waals surface area contributed by atoms with Crippen LogP contribution in [0.1, 0.15) is 23.7 Å². The van der Waals surface area contributed by atoms with Gasteiger partial charge in [-0.2, -0.15) is 0 Å². The van der Waals surface area contributed by atoms with Crippen molar-refractivity contribution < 1.29 is 19.1 Å². The number of nitrogens with one attached hydrogen (secondary N) is 1. The largest absolute Gasteiger partial charge is 0.469 e. The van der Waals surface area contributed by atoms with Crippen LogP contribution in [-0.2, 0) is 14.3 Å². The molecule has 4 rings (SSSR count). The smallest absolute Gasteiger partial charge is 0.309 e. The molecule has 0 unspecified atom stereocenters. The van der Waals surface area contributed by atoms with Gasteiger partial charge in [-0.25, -0.2) is 0 Å². The van der Waals surface area contributed by atoms with Crippen molar-refractivity contribution in [3.8, 4) is 11.8 Å². The first-order valence-corrected chi connectivity index (χ1v) is 10.4. The van der Waals surface area contributed by atoms with Crippen molar-refractivity contribution in [3.63, 3.8) is 0 Å². The Labute approximate surface area is 179 Å². The van der Waals surface area contributed by atoms with E-state index in [4.69, 9.17) is 4.74 Å². The number of nitrogens with zero attached hydrogens (tertiary/aromatic N) is 1. The molecule has 0 saturated heterocycles. The lowest BCUT2D eigenvalue weighted by atomic mass is 10.1. The molecule has 0 bridgehead atoms. The zero-order chi connectivity index (χ0) is 21.3. The zero-order valence-corrected chi connectivity index (χ0v) is 17.4. The SMILES string of the molecule is CC#CCN1C(=O)c2ccccc2Sc2cc(NC(=O)[C@H]3C[C@@H]3C(=O)OC)ccc21. The van der Waals surface area contributed by atoms with Crippen LogP contribution in [0.2, 0.25) is 0 Å². The number of amides is 2. The maximum atomic E-state index is 13.1. The number of carbonyl (C=O) groups excluding carboxylic acids is 3. The molecule has 1 aliphatic carbocycles. The molecular formula is C23H20N2O4S. The molecule has 1 fully saturated rings. The molecule has 2 atom stereocenters. The van der Waals surface area contributed by atoms with E-state index in [1.54, 1.807) is 17.9 Å². The van der Waals surface area contributed by atoms with Gasteiger partial charge in [0, 0.05) is 15.5 Å². The third-order valence-electron chi connectivity index (χ3n) is 5.15.